The minimum Gasteiger partial charge on any atom is -0.207 e. The lowest BCUT2D eigenvalue weighted by atomic mass is 10.3. The van der Waals surface area contributed by atoms with Gasteiger partial charge >= 0.3 is 0 Å². The molecule has 3 rings (SSSR count). The highest BCUT2D eigenvalue weighted by Gasteiger charge is 2.57. The zero-order chi connectivity index (χ0) is 10.5. The number of rotatable bonds is 2. The van der Waals surface area contributed by atoms with Crippen LogP contribution in [0.5, 0.6) is 0 Å². The van der Waals surface area contributed by atoms with Gasteiger partial charge in [0.15, 0.2) is 0 Å². The van der Waals surface area contributed by atoms with Gasteiger partial charge in [-0.3, -0.25) is 0 Å². The number of hydrogen-bond donors (Lipinski definition) is 0. The first-order valence-electron chi connectivity index (χ1n) is 5.30. The second-order valence-corrected chi connectivity index (χ2v) is 6.06. The fraction of sp³-hybridized carbons (Fsp3) is 0.455. The van der Waals surface area contributed by atoms with Crippen molar-refractivity contribution >= 4 is 10.0 Å². The molecular weight excluding hydrogens is 210 g/mol. The Balaban J connectivity index is 1.93. The molecule has 80 valence electrons. The highest BCUT2D eigenvalue weighted by atomic mass is 32.2. The van der Waals surface area contributed by atoms with Crippen LogP contribution in [0.3, 0.4) is 0 Å². The Morgan fingerprint density at radius 2 is 1.67 bits per heavy atom. The Kier molecular flexibility index (Phi) is 1.91. The van der Waals surface area contributed by atoms with E-state index in [4.69, 9.17) is 0 Å². The van der Waals surface area contributed by atoms with Gasteiger partial charge < -0.3 is 0 Å². The van der Waals surface area contributed by atoms with Gasteiger partial charge in [0.1, 0.15) is 0 Å². The molecule has 0 spiro atoms. The summed E-state index contributed by atoms with van der Waals surface area (Å²) in [5.74, 6) is 0. The van der Waals surface area contributed by atoms with E-state index in [9.17, 15) is 8.42 Å². The van der Waals surface area contributed by atoms with Crippen molar-refractivity contribution < 1.29 is 8.42 Å². The number of fused-ring (bicyclic) bond motifs is 1. The molecule has 0 N–H and O–H groups in total. The van der Waals surface area contributed by atoms with Gasteiger partial charge in [-0.2, -0.15) is 4.31 Å². The van der Waals surface area contributed by atoms with Crippen LogP contribution >= 0.6 is 0 Å². The summed E-state index contributed by atoms with van der Waals surface area (Å²) in [7, 11) is -3.19. The van der Waals surface area contributed by atoms with Gasteiger partial charge in [0.05, 0.1) is 4.90 Å². The smallest absolute Gasteiger partial charge is 0.207 e. The maximum atomic E-state index is 12.1. The second kappa shape index (κ2) is 3.06. The van der Waals surface area contributed by atoms with Crippen molar-refractivity contribution in [1.29, 1.82) is 0 Å². The third-order valence-electron chi connectivity index (χ3n) is 3.33. The van der Waals surface area contributed by atoms with Crippen molar-refractivity contribution in [2.75, 3.05) is 0 Å². The second-order valence-electron chi connectivity index (χ2n) is 4.21. The van der Waals surface area contributed by atoms with E-state index in [-0.39, 0.29) is 0 Å². The van der Waals surface area contributed by atoms with Gasteiger partial charge in [-0.25, -0.2) is 8.42 Å². The van der Waals surface area contributed by atoms with E-state index in [1.54, 1.807) is 28.6 Å². The summed E-state index contributed by atoms with van der Waals surface area (Å²) in [5, 5.41) is 0. The average molecular weight is 223 g/mol. The van der Waals surface area contributed by atoms with Crippen molar-refractivity contribution in [3.8, 4) is 0 Å². The number of piperidine rings is 1. The van der Waals surface area contributed by atoms with Crippen molar-refractivity contribution in [2.45, 2.75) is 36.2 Å². The largest absolute Gasteiger partial charge is 0.243 e. The van der Waals surface area contributed by atoms with Gasteiger partial charge in [-0.05, 0) is 25.0 Å². The highest BCUT2D eigenvalue weighted by molar-refractivity contribution is 7.89. The molecule has 15 heavy (non-hydrogen) atoms. The van der Waals surface area contributed by atoms with E-state index in [1.165, 1.54) is 6.42 Å². The predicted octanol–water partition coefficient (Wildman–Crippen LogP) is 1.61. The highest BCUT2D eigenvalue weighted by Crippen LogP contribution is 2.46. The van der Waals surface area contributed by atoms with Crippen LogP contribution < -0.4 is 0 Å². The molecule has 1 saturated carbocycles. The molecule has 1 aliphatic carbocycles. The molecule has 0 aromatic heterocycles. The van der Waals surface area contributed by atoms with Crippen molar-refractivity contribution in [2.24, 2.45) is 0 Å². The summed E-state index contributed by atoms with van der Waals surface area (Å²) in [6, 6.07) is 9.32. The number of hydrogen-bond acceptors (Lipinski definition) is 2. The van der Waals surface area contributed by atoms with Gasteiger partial charge in [0, 0.05) is 12.1 Å². The standard InChI is InChI=1S/C11H13NO2S/c13-15(14,9-5-2-1-3-6-9)12-10-7-4-8-11(10)12/h1-3,5-6,10-11H,4,7-8H2/t10-,11-/m0/s1. The quantitative estimate of drug-likeness (QED) is 0.714. The van der Waals surface area contributed by atoms with E-state index in [2.05, 4.69) is 0 Å². The predicted molar refractivity (Wildman–Crippen MR) is 56.9 cm³/mol. The topological polar surface area (TPSA) is 37.1 Å². The number of nitrogens with zero attached hydrogens (tertiary/aromatic N) is 1. The molecule has 0 radical (unpaired) electrons. The Labute approximate surface area is 89.8 Å². The Hall–Kier alpha value is -0.870. The van der Waals surface area contributed by atoms with Crippen LogP contribution in [0.15, 0.2) is 35.2 Å². The van der Waals surface area contributed by atoms with E-state index < -0.39 is 10.0 Å². The Morgan fingerprint density at radius 1 is 1.07 bits per heavy atom. The molecule has 0 unspecified atom stereocenters. The minimum absolute atomic E-state index is 0.301. The number of sulfonamides is 1. The molecule has 2 aliphatic rings. The zero-order valence-corrected chi connectivity index (χ0v) is 9.15. The molecule has 1 aliphatic heterocycles. The molecule has 2 fully saturated rings. The first-order chi connectivity index (χ1) is 7.21. The zero-order valence-electron chi connectivity index (χ0n) is 8.33. The summed E-state index contributed by atoms with van der Waals surface area (Å²) in [4.78, 5) is 0.430. The first-order valence-corrected chi connectivity index (χ1v) is 6.74. The Morgan fingerprint density at radius 3 is 2.27 bits per heavy atom. The monoisotopic (exact) mass is 223 g/mol. The molecule has 1 heterocycles. The first kappa shape index (κ1) is 9.36. The third kappa shape index (κ3) is 1.32. The molecule has 0 amide bonds. The maximum absolute atomic E-state index is 12.1. The fourth-order valence-electron chi connectivity index (χ4n) is 2.56. The SMILES string of the molecule is O=S(=O)(c1ccccc1)N1[C@H]2CCC[C@@H]21. The molecule has 1 aromatic carbocycles. The summed E-state index contributed by atoms with van der Waals surface area (Å²) in [6.07, 6.45) is 3.25. The molecule has 3 nitrogen and oxygen atoms in total. The maximum Gasteiger partial charge on any atom is 0.243 e. The average Bonchev–Trinajstić information content (AvgIpc) is 2.77. The van der Waals surface area contributed by atoms with Gasteiger partial charge in [0.25, 0.3) is 0 Å². The summed E-state index contributed by atoms with van der Waals surface area (Å²) < 4.78 is 25.9. The summed E-state index contributed by atoms with van der Waals surface area (Å²) in [5.41, 5.74) is 0. The van der Waals surface area contributed by atoms with Crippen LogP contribution in [0.1, 0.15) is 19.3 Å². The molecule has 2 atom stereocenters. The van der Waals surface area contributed by atoms with Crippen LogP contribution in [0, 0.1) is 0 Å². The van der Waals surface area contributed by atoms with Crippen molar-refractivity contribution in [1.82, 2.24) is 4.31 Å². The van der Waals surface area contributed by atoms with Gasteiger partial charge in [-0.1, -0.05) is 24.6 Å². The van der Waals surface area contributed by atoms with E-state index >= 15 is 0 Å². The lowest BCUT2D eigenvalue weighted by Gasteiger charge is -2.08. The van der Waals surface area contributed by atoms with Crippen molar-refractivity contribution in [3.63, 3.8) is 0 Å². The molecule has 1 aromatic rings. The van der Waals surface area contributed by atoms with Gasteiger partial charge in [-0.15, -0.1) is 0 Å². The van der Waals surface area contributed by atoms with Crippen LogP contribution in [0.4, 0.5) is 0 Å². The van der Waals surface area contributed by atoms with Crippen LogP contribution in [0.2, 0.25) is 0 Å². The van der Waals surface area contributed by atoms with Crippen LogP contribution in [-0.4, -0.2) is 24.8 Å². The van der Waals surface area contributed by atoms with E-state index in [0.717, 1.165) is 12.8 Å². The van der Waals surface area contributed by atoms with Crippen LogP contribution in [-0.2, 0) is 10.0 Å². The normalized spacial score (nSPS) is 33.7. The number of benzene rings is 1. The molecule has 4 heteroatoms. The Bertz CT molecular complexity index is 459. The summed E-state index contributed by atoms with van der Waals surface area (Å²) in [6.45, 7) is 0. The van der Waals surface area contributed by atoms with E-state index in [0.29, 0.717) is 17.0 Å². The van der Waals surface area contributed by atoms with Crippen molar-refractivity contribution in [3.05, 3.63) is 30.3 Å². The van der Waals surface area contributed by atoms with Gasteiger partial charge in [0.2, 0.25) is 10.0 Å². The lowest BCUT2D eigenvalue weighted by molar-refractivity contribution is 0.517. The minimum atomic E-state index is -3.19. The van der Waals surface area contributed by atoms with E-state index in [1.807, 2.05) is 6.07 Å². The molecule has 0 bridgehead atoms. The van der Waals surface area contributed by atoms with Crippen LogP contribution in [0.25, 0.3) is 0 Å². The fourth-order valence-corrected chi connectivity index (χ4v) is 4.45. The molecular formula is C11H13NO2S. The molecule has 1 saturated heterocycles. The lowest BCUT2D eigenvalue weighted by Crippen LogP contribution is -2.17. The summed E-state index contributed by atoms with van der Waals surface area (Å²) >= 11 is 0. The third-order valence-corrected chi connectivity index (χ3v) is 5.29.